The van der Waals surface area contributed by atoms with Gasteiger partial charge in [-0.2, -0.15) is 4.98 Å². The maximum absolute atomic E-state index is 14.0. The number of primary amides is 1. The highest BCUT2D eigenvalue weighted by molar-refractivity contribution is 7.13. The summed E-state index contributed by atoms with van der Waals surface area (Å²) < 4.78 is 22.4. The Morgan fingerprint density at radius 3 is 2.23 bits per heavy atom. The molecular weight excluding hydrogens is 1020 g/mol. The van der Waals surface area contributed by atoms with Crippen molar-refractivity contribution in [2.45, 2.75) is 91.1 Å². The van der Waals surface area contributed by atoms with E-state index in [9.17, 15) is 33.9 Å². The predicted molar refractivity (Wildman–Crippen MR) is 292 cm³/mol. The van der Waals surface area contributed by atoms with E-state index < -0.39 is 41.3 Å². The number of hydrogen-bond acceptors (Lipinski definition) is 17. The number of carbonyl (C=O) groups is 6. The number of rotatable bonds is 22. The van der Waals surface area contributed by atoms with Gasteiger partial charge in [-0.15, -0.1) is 11.3 Å². The van der Waals surface area contributed by atoms with Gasteiger partial charge in [-0.3, -0.25) is 33.7 Å². The van der Waals surface area contributed by atoms with Crippen LogP contribution in [0.5, 0.6) is 0 Å². The molecular formula is C55H75N11O11S. The van der Waals surface area contributed by atoms with Gasteiger partial charge in [0.1, 0.15) is 18.3 Å². The summed E-state index contributed by atoms with van der Waals surface area (Å²) in [4.78, 5) is 98.7. The van der Waals surface area contributed by atoms with Gasteiger partial charge < -0.3 is 65.0 Å². The number of nitrogens with one attached hydrogen (secondary N) is 3. The highest BCUT2D eigenvalue weighted by Crippen LogP contribution is 2.33. The van der Waals surface area contributed by atoms with Gasteiger partial charge in [-0.25, -0.2) is 4.98 Å². The summed E-state index contributed by atoms with van der Waals surface area (Å²) in [6, 6.07) is 12.3. The molecule has 4 saturated heterocycles. The molecule has 78 heavy (non-hydrogen) atoms. The molecule has 0 saturated carbocycles. The maximum Gasteiger partial charge on any atom is 0.298 e. The first kappa shape index (κ1) is 57.7. The fraction of sp³-hybridized carbons (Fsp3) is 0.564. The third kappa shape index (κ3) is 15.4. The number of piperazine rings is 1. The number of thiazole rings is 1. The molecule has 4 aliphatic rings. The molecule has 3 atom stereocenters. The number of nitrogens with zero attached hydrogens (tertiary/aromatic N) is 7. The maximum atomic E-state index is 14.0. The standard InChI is InChI=1S/C55H75N11O11S/c1-36-48(78-35-58-36)39-8-5-37(6-9-39)31-57-52(72)45-30-41(67)33-66(45)53(73)49(55(2,3)4)61-46(68)13-23-74-27-28-75-24-14-47(69)64-19-17-62(18-20-64)32-38-7-10-42(44(29-38)63-15-11-40(12-16-63)50(56)70)59-51(71)43-34-77-54(60-43)65-21-25-76-26-22-65/h5-10,29,34-35,40-41,45,49,67H,11-28,30-33H2,1-4H3,(H2,56,70)(H,57,72)(H,59,71)(H,61,68)/t41-,45+,49-/m1/s1. The number of likely N-dealkylation sites (tertiary alicyclic amines) is 1. The number of aliphatic hydroxyl groups excluding tert-OH is 1. The van der Waals surface area contributed by atoms with E-state index in [4.69, 9.17) is 24.4 Å². The minimum atomic E-state index is -0.959. The molecule has 4 aliphatic heterocycles. The van der Waals surface area contributed by atoms with Crippen LogP contribution in [-0.2, 0) is 51.3 Å². The molecule has 22 nitrogen and oxygen atoms in total. The molecule has 8 rings (SSSR count). The number of anilines is 3. The Morgan fingerprint density at radius 2 is 1.56 bits per heavy atom. The van der Waals surface area contributed by atoms with E-state index in [1.54, 1.807) is 11.3 Å². The zero-order valence-electron chi connectivity index (χ0n) is 45.2. The highest BCUT2D eigenvalue weighted by atomic mass is 32.1. The van der Waals surface area contributed by atoms with Crippen LogP contribution in [0.1, 0.15) is 80.2 Å². The molecule has 0 spiro atoms. The molecule has 0 unspecified atom stereocenters. The summed E-state index contributed by atoms with van der Waals surface area (Å²) in [5.74, 6) is -2.09. The summed E-state index contributed by atoms with van der Waals surface area (Å²) in [5, 5.41) is 19.4. The van der Waals surface area contributed by atoms with E-state index in [0.717, 1.165) is 32.9 Å². The fourth-order valence-corrected chi connectivity index (χ4v) is 10.9. The SMILES string of the molecule is Cc1ncsc1-c1ccc(CNC(=O)[C@@H]2C[C@@H](O)CN2C(=O)[C@@H](NC(=O)CCOCCOCCC(=O)N2CCN(Cc3ccc(NC(=O)c4coc(N5CCOCC5)n4)c(N4CCC(C(N)=O)CC4)c3)CC2)C(C)(C)C)cc1. The number of piperidine rings is 1. The lowest BCUT2D eigenvalue weighted by molar-refractivity contribution is -0.144. The zero-order valence-corrected chi connectivity index (χ0v) is 46.0. The summed E-state index contributed by atoms with van der Waals surface area (Å²) in [5.41, 5.74) is 12.3. The lowest BCUT2D eigenvalue weighted by Crippen LogP contribution is -2.57. The summed E-state index contributed by atoms with van der Waals surface area (Å²) >= 11 is 1.57. The summed E-state index contributed by atoms with van der Waals surface area (Å²) in [6.07, 6.45) is 2.01. The highest BCUT2D eigenvalue weighted by Gasteiger charge is 2.44. The quantitative estimate of drug-likeness (QED) is 0.0708. The average molecular weight is 1100 g/mol. The van der Waals surface area contributed by atoms with Crippen LogP contribution in [0, 0.1) is 18.3 Å². The van der Waals surface area contributed by atoms with Crippen LogP contribution in [-0.4, -0.2) is 182 Å². The van der Waals surface area contributed by atoms with Crippen LogP contribution in [0.15, 0.2) is 58.7 Å². The first-order valence-corrected chi connectivity index (χ1v) is 27.9. The van der Waals surface area contributed by atoms with E-state index in [1.165, 1.54) is 11.2 Å². The van der Waals surface area contributed by atoms with Crippen molar-refractivity contribution in [1.82, 2.24) is 35.3 Å². The van der Waals surface area contributed by atoms with Gasteiger partial charge in [0.05, 0.1) is 79.6 Å². The number of β-amino-alcohol motifs (C(OH)–C–C–N with tert-alkyl or cyclic N) is 1. The smallest absolute Gasteiger partial charge is 0.298 e. The lowest BCUT2D eigenvalue weighted by Gasteiger charge is -2.36. The van der Waals surface area contributed by atoms with E-state index in [0.29, 0.717) is 96.7 Å². The third-order valence-electron chi connectivity index (χ3n) is 14.7. The Balaban J connectivity index is 0.723. The number of amides is 6. The largest absolute Gasteiger partial charge is 0.431 e. The van der Waals surface area contributed by atoms with Crippen molar-refractivity contribution >= 4 is 64.2 Å². The van der Waals surface area contributed by atoms with Crippen LogP contribution in [0.3, 0.4) is 0 Å². The van der Waals surface area contributed by atoms with Crippen LogP contribution >= 0.6 is 11.3 Å². The first-order chi connectivity index (χ1) is 37.5. The number of carbonyl (C=O) groups excluding carboxylic acids is 6. The lowest BCUT2D eigenvalue weighted by atomic mass is 9.85. The first-order valence-electron chi connectivity index (χ1n) is 27.0. The van der Waals surface area contributed by atoms with Crippen molar-refractivity contribution in [3.8, 4) is 10.4 Å². The molecule has 0 bridgehead atoms. The number of benzene rings is 2. The van der Waals surface area contributed by atoms with Gasteiger partial charge in [-0.05, 0) is 54.0 Å². The molecule has 4 fully saturated rings. The molecule has 6 N–H and O–H groups in total. The van der Waals surface area contributed by atoms with Crippen molar-refractivity contribution in [3.63, 3.8) is 0 Å². The van der Waals surface area contributed by atoms with Gasteiger partial charge in [0.25, 0.3) is 11.9 Å². The number of aliphatic hydroxyl groups is 1. The van der Waals surface area contributed by atoms with E-state index in [-0.39, 0.29) is 88.1 Å². The van der Waals surface area contributed by atoms with Crippen LogP contribution < -0.4 is 31.5 Å². The number of aromatic nitrogens is 2. The summed E-state index contributed by atoms with van der Waals surface area (Å²) in [7, 11) is 0. The number of ether oxygens (including phenoxy) is 3. The van der Waals surface area contributed by atoms with Gasteiger partial charge in [-0.1, -0.05) is 51.1 Å². The normalized spacial score (nSPS) is 18.9. The molecule has 0 aliphatic carbocycles. The van der Waals surface area contributed by atoms with Crippen molar-refractivity contribution in [2.75, 3.05) is 114 Å². The molecule has 4 aromatic rings. The van der Waals surface area contributed by atoms with Crippen LogP contribution in [0.25, 0.3) is 10.4 Å². The number of nitrogens with two attached hydrogens (primary N) is 1. The topological polar surface area (TPSA) is 268 Å². The zero-order chi connectivity index (χ0) is 55.3. The molecule has 422 valence electrons. The van der Waals surface area contributed by atoms with Crippen molar-refractivity contribution in [2.24, 2.45) is 17.1 Å². The van der Waals surface area contributed by atoms with E-state index >= 15 is 0 Å². The molecule has 23 heteroatoms. The van der Waals surface area contributed by atoms with Gasteiger partial charge >= 0.3 is 0 Å². The Kier molecular flexibility index (Phi) is 19.9. The van der Waals surface area contributed by atoms with E-state index in [1.807, 2.05) is 79.4 Å². The molecule has 2 aromatic heterocycles. The molecule has 6 amide bonds. The van der Waals surface area contributed by atoms with Gasteiger partial charge in [0.2, 0.25) is 29.5 Å². The number of aryl methyl sites for hydroxylation is 1. The summed E-state index contributed by atoms with van der Waals surface area (Å²) in [6.45, 7) is 15.2. The third-order valence-corrected chi connectivity index (χ3v) is 15.7. The molecule has 2 aromatic carbocycles. The van der Waals surface area contributed by atoms with Gasteiger partial charge in [0, 0.05) is 90.8 Å². The van der Waals surface area contributed by atoms with Crippen molar-refractivity contribution in [3.05, 3.63) is 76.8 Å². The van der Waals surface area contributed by atoms with E-state index in [2.05, 4.69) is 41.8 Å². The average Bonchev–Trinajstić information content (AvgIpc) is 4.27. The van der Waals surface area contributed by atoms with Crippen LogP contribution in [0.2, 0.25) is 0 Å². The second-order valence-corrected chi connectivity index (χ2v) is 22.3. The monoisotopic (exact) mass is 1100 g/mol. The minimum Gasteiger partial charge on any atom is -0.431 e. The van der Waals surface area contributed by atoms with Crippen molar-refractivity contribution in [1.29, 1.82) is 0 Å². The number of morpholine rings is 1. The number of oxazole rings is 1. The van der Waals surface area contributed by atoms with Crippen LogP contribution in [0.4, 0.5) is 17.4 Å². The Labute approximate surface area is 459 Å². The molecule has 6 heterocycles. The second-order valence-electron chi connectivity index (χ2n) is 21.4. The molecule has 0 radical (unpaired) electrons. The Hall–Kier alpha value is -6.50. The predicted octanol–water partition coefficient (Wildman–Crippen LogP) is 3.16. The Bertz CT molecular complexity index is 2690. The minimum absolute atomic E-state index is 0.000612. The fourth-order valence-electron chi connectivity index (χ4n) is 10.1. The van der Waals surface area contributed by atoms with Gasteiger partial charge in [0.15, 0.2) is 5.69 Å². The second kappa shape index (κ2) is 26.9. The number of hydrogen-bond donors (Lipinski definition) is 5. The van der Waals surface area contributed by atoms with Crippen molar-refractivity contribution < 1.29 is 52.5 Å². The Morgan fingerprint density at radius 1 is 0.872 bits per heavy atom.